The van der Waals surface area contributed by atoms with Gasteiger partial charge in [0.15, 0.2) is 5.96 Å². The van der Waals surface area contributed by atoms with E-state index in [1.54, 1.807) is 7.05 Å². The van der Waals surface area contributed by atoms with Crippen molar-refractivity contribution in [1.82, 2.24) is 15.5 Å². The molecule has 0 spiro atoms. The first kappa shape index (κ1) is 23.7. The van der Waals surface area contributed by atoms with Gasteiger partial charge >= 0.3 is 0 Å². The number of aliphatic imine (C=N–C) groups is 1. The predicted molar refractivity (Wildman–Crippen MR) is 124 cm³/mol. The van der Waals surface area contributed by atoms with Crippen LogP contribution in [0.4, 0.5) is 0 Å². The molecule has 27 heavy (non-hydrogen) atoms. The Labute approximate surface area is 181 Å². The lowest BCUT2D eigenvalue weighted by Crippen LogP contribution is -2.52. The minimum Gasteiger partial charge on any atom is -0.350 e. The predicted octanol–water partition coefficient (Wildman–Crippen LogP) is 3.61. The summed E-state index contributed by atoms with van der Waals surface area (Å²) in [5, 5.41) is 6.20. The Kier molecular flexibility index (Phi) is 9.56. The summed E-state index contributed by atoms with van der Waals surface area (Å²) >= 11 is 0. The maximum atomic E-state index is 12.1. The van der Waals surface area contributed by atoms with Crippen LogP contribution in [0.2, 0.25) is 0 Å². The molecule has 2 atom stereocenters. The van der Waals surface area contributed by atoms with E-state index in [9.17, 15) is 4.79 Å². The third kappa shape index (κ3) is 7.31. The van der Waals surface area contributed by atoms with Crippen LogP contribution in [0.15, 0.2) is 35.3 Å². The molecule has 1 aromatic carbocycles. The van der Waals surface area contributed by atoms with Gasteiger partial charge in [0, 0.05) is 25.7 Å². The van der Waals surface area contributed by atoms with Gasteiger partial charge in [-0.25, -0.2) is 0 Å². The van der Waals surface area contributed by atoms with Crippen LogP contribution in [0.1, 0.15) is 52.0 Å². The quantitative estimate of drug-likeness (QED) is 0.389. The van der Waals surface area contributed by atoms with Gasteiger partial charge in [0.05, 0.1) is 6.54 Å². The molecule has 1 heterocycles. The minimum atomic E-state index is -0.219. The average Bonchev–Trinajstić information content (AvgIpc) is 2.61. The maximum absolute atomic E-state index is 12.1. The van der Waals surface area contributed by atoms with Crippen LogP contribution >= 0.6 is 24.0 Å². The summed E-state index contributed by atoms with van der Waals surface area (Å²) < 4.78 is 0. The van der Waals surface area contributed by atoms with Gasteiger partial charge in [-0.1, -0.05) is 43.7 Å². The first-order chi connectivity index (χ1) is 12.3. The van der Waals surface area contributed by atoms with Crippen molar-refractivity contribution in [2.24, 2.45) is 10.9 Å². The fourth-order valence-corrected chi connectivity index (χ4v) is 3.73. The van der Waals surface area contributed by atoms with E-state index < -0.39 is 0 Å². The normalized spacial score (nSPS) is 20.6. The third-order valence-corrected chi connectivity index (χ3v) is 4.92. The molecular formula is C21H35IN4O. The van der Waals surface area contributed by atoms with Crippen LogP contribution in [0, 0.1) is 5.92 Å². The molecule has 152 valence electrons. The van der Waals surface area contributed by atoms with Crippen molar-refractivity contribution < 1.29 is 4.79 Å². The highest BCUT2D eigenvalue weighted by molar-refractivity contribution is 14.0. The molecule has 0 radical (unpaired) electrons. The van der Waals surface area contributed by atoms with E-state index in [2.05, 4.69) is 57.8 Å². The van der Waals surface area contributed by atoms with E-state index in [0.717, 1.165) is 31.9 Å². The number of nitrogens with one attached hydrogen (secondary N) is 2. The number of carbonyl (C=O) groups is 1. The Morgan fingerprint density at radius 1 is 1.26 bits per heavy atom. The molecule has 0 aromatic heterocycles. The molecule has 6 heteroatoms. The number of piperidine rings is 1. The lowest BCUT2D eigenvalue weighted by Gasteiger charge is -2.40. The van der Waals surface area contributed by atoms with Crippen molar-refractivity contribution in [3.63, 3.8) is 0 Å². The highest BCUT2D eigenvalue weighted by Gasteiger charge is 2.30. The first-order valence-corrected chi connectivity index (χ1v) is 9.65. The van der Waals surface area contributed by atoms with Crippen molar-refractivity contribution in [2.75, 3.05) is 26.7 Å². The van der Waals surface area contributed by atoms with E-state index in [1.165, 1.54) is 5.56 Å². The maximum Gasteiger partial charge on any atom is 0.239 e. The highest BCUT2D eigenvalue weighted by Crippen LogP contribution is 2.34. The van der Waals surface area contributed by atoms with Crippen LogP contribution in [0.25, 0.3) is 0 Å². The highest BCUT2D eigenvalue weighted by atomic mass is 127. The number of likely N-dealkylation sites (tertiary alicyclic amines) is 1. The van der Waals surface area contributed by atoms with Gasteiger partial charge in [0.25, 0.3) is 0 Å². The molecule has 2 rings (SSSR count). The van der Waals surface area contributed by atoms with Crippen molar-refractivity contribution >= 4 is 35.8 Å². The number of halogens is 1. The number of nitrogens with zero attached hydrogens (tertiary/aromatic N) is 2. The molecule has 2 unspecified atom stereocenters. The summed E-state index contributed by atoms with van der Waals surface area (Å²) in [5.74, 6) is 2.00. The van der Waals surface area contributed by atoms with E-state index in [1.807, 2.05) is 20.8 Å². The van der Waals surface area contributed by atoms with E-state index in [-0.39, 0.29) is 42.0 Å². The molecule has 0 saturated carbocycles. The zero-order valence-corrected chi connectivity index (χ0v) is 19.6. The fraction of sp³-hybridized carbons (Fsp3) is 0.619. The smallest absolute Gasteiger partial charge is 0.239 e. The van der Waals surface area contributed by atoms with Crippen LogP contribution in [-0.4, -0.2) is 49.0 Å². The number of hydrogen-bond acceptors (Lipinski definition) is 2. The molecule has 2 N–H and O–H groups in total. The van der Waals surface area contributed by atoms with Gasteiger partial charge in [-0.05, 0) is 44.6 Å². The average molecular weight is 486 g/mol. The lowest BCUT2D eigenvalue weighted by molar-refractivity contribution is -0.121. The SMILES string of the molecule is CCC1CN(C(=NC)NCC(=O)NC(C)(C)C)CCC1c1ccccc1.I. The standard InChI is InChI=1S/C21H34N4O.HI/c1-6-16-15-25(13-12-18(16)17-10-8-7-9-11-17)20(22-5)23-14-19(26)24-21(2,3)4;/h7-11,16,18H,6,12-15H2,1-5H3,(H,22,23)(H,24,26);1H. The summed E-state index contributed by atoms with van der Waals surface area (Å²) in [4.78, 5) is 18.8. The number of carbonyl (C=O) groups excluding carboxylic acids is 1. The fourth-order valence-electron chi connectivity index (χ4n) is 3.73. The molecular weight excluding hydrogens is 451 g/mol. The van der Waals surface area contributed by atoms with Gasteiger partial charge in [-0.2, -0.15) is 0 Å². The zero-order valence-electron chi connectivity index (χ0n) is 17.3. The number of rotatable bonds is 4. The van der Waals surface area contributed by atoms with Crippen molar-refractivity contribution in [1.29, 1.82) is 0 Å². The number of hydrogen-bond donors (Lipinski definition) is 2. The summed E-state index contributed by atoms with van der Waals surface area (Å²) in [6, 6.07) is 10.8. The summed E-state index contributed by atoms with van der Waals surface area (Å²) in [6.45, 7) is 10.4. The minimum absolute atomic E-state index is 0. The second-order valence-electron chi connectivity index (χ2n) is 8.12. The first-order valence-electron chi connectivity index (χ1n) is 9.65. The Hall–Kier alpha value is -1.31. The van der Waals surface area contributed by atoms with Crippen molar-refractivity contribution in [2.45, 2.75) is 52.0 Å². The molecule has 0 aliphatic carbocycles. The second kappa shape index (κ2) is 10.9. The molecule has 1 aliphatic heterocycles. The second-order valence-corrected chi connectivity index (χ2v) is 8.12. The Morgan fingerprint density at radius 2 is 1.93 bits per heavy atom. The summed E-state index contributed by atoms with van der Waals surface area (Å²) in [7, 11) is 1.79. The topological polar surface area (TPSA) is 56.7 Å². The molecule has 5 nitrogen and oxygen atoms in total. The van der Waals surface area contributed by atoms with Crippen molar-refractivity contribution in [3.8, 4) is 0 Å². The van der Waals surface area contributed by atoms with Gasteiger partial charge in [0.2, 0.25) is 5.91 Å². The summed E-state index contributed by atoms with van der Waals surface area (Å²) in [6.07, 6.45) is 2.25. The van der Waals surface area contributed by atoms with Crippen molar-refractivity contribution in [3.05, 3.63) is 35.9 Å². The van der Waals surface area contributed by atoms with Gasteiger partial charge in [0.1, 0.15) is 0 Å². The zero-order chi connectivity index (χ0) is 19.2. The van der Waals surface area contributed by atoms with E-state index in [0.29, 0.717) is 11.8 Å². The Bertz CT molecular complexity index is 612. The number of amides is 1. The largest absolute Gasteiger partial charge is 0.350 e. The number of benzene rings is 1. The molecule has 1 aromatic rings. The molecule has 1 amide bonds. The van der Waals surface area contributed by atoms with Crippen LogP contribution in [-0.2, 0) is 4.79 Å². The lowest BCUT2D eigenvalue weighted by atomic mass is 9.79. The third-order valence-electron chi connectivity index (χ3n) is 4.92. The molecule has 1 aliphatic rings. The summed E-state index contributed by atoms with van der Waals surface area (Å²) in [5.41, 5.74) is 1.22. The van der Waals surface area contributed by atoms with Crippen LogP contribution in [0.3, 0.4) is 0 Å². The molecule has 0 bridgehead atoms. The molecule has 1 saturated heterocycles. The monoisotopic (exact) mass is 486 g/mol. The Balaban J connectivity index is 0.00000364. The number of guanidine groups is 1. The van der Waals surface area contributed by atoms with Crippen LogP contribution < -0.4 is 10.6 Å². The molecule has 1 fully saturated rings. The van der Waals surface area contributed by atoms with E-state index >= 15 is 0 Å². The van der Waals surface area contributed by atoms with E-state index in [4.69, 9.17) is 0 Å². The van der Waals surface area contributed by atoms with Gasteiger partial charge in [-0.3, -0.25) is 9.79 Å². The van der Waals surface area contributed by atoms with Gasteiger partial charge in [-0.15, -0.1) is 24.0 Å². The van der Waals surface area contributed by atoms with Gasteiger partial charge < -0.3 is 15.5 Å². The van der Waals surface area contributed by atoms with Crippen LogP contribution in [0.5, 0.6) is 0 Å². The Morgan fingerprint density at radius 3 is 2.48 bits per heavy atom.